The van der Waals surface area contributed by atoms with Crippen LogP contribution in [0.25, 0.3) is 0 Å². The SMILES string of the molecule is CCN(CC)C[C@H]1CCCN1. The second-order valence-electron chi connectivity index (χ2n) is 3.28. The summed E-state index contributed by atoms with van der Waals surface area (Å²) >= 11 is 0. The molecule has 0 unspecified atom stereocenters. The molecule has 1 heterocycles. The highest BCUT2D eigenvalue weighted by Gasteiger charge is 2.15. The van der Waals surface area contributed by atoms with Crippen molar-refractivity contribution in [3.05, 3.63) is 0 Å². The molecule has 0 aliphatic carbocycles. The molecule has 1 saturated heterocycles. The van der Waals surface area contributed by atoms with Gasteiger partial charge >= 0.3 is 0 Å². The Morgan fingerprint density at radius 3 is 2.55 bits per heavy atom. The maximum absolute atomic E-state index is 3.51. The molecule has 0 aromatic rings. The Bertz CT molecular complexity index is 93.7. The maximum atomic E-state index is 3.51. The normalized spacial score (nSPS) is 24.8. The van der Waals surface area contributed by atoms with E-state index in [2.05, 4.69) is 24.1 Å². The fraction of sp³-hybridized carbons (Fsp3) is 1.00. The van der Waals surface area contributed by atoms with Crippen LogP contribution in [0.15, 0.2) is 0 Å². The second kappa shape index (κ2) is 4.73. The predicted molar refractivity (Wildman–Crippen MR) is 48.8 cm³/mol. The molecule has 1 atom stereocenters. The number of nitrogens with zero attached hydrogens (tertiary/aromatic N) is 1. The van der Waals surface area contributed by atoms with Gasteiger partial charge in [0.25, 0.3) is 0 Å². The summed E-state index contributed by atoms with van der Waals surface area (Å²) in [5.41, 5.74) is 0. The van der Waals surface area contributed by atoms with E-state index in [1.807, 2.05) is 0 Å². The Hall–Kier alpha value is -0.0800. The average molecular weight is 156 g/mol. The van der Waals surface area contributed by atoms with Crippen LogP contribution in [0.4, 0.5) is 0 Å². The maximum Gasteiger partial charge on any atom is 0.0195 e. The third kappa shape index (κ3) is 2.80. The van der Waals surface area contributed by atoms with Crippen LogP contribution in [0.3, 0.4) is 0 Å². The van der Waals surface area contributed by atoms with Crippen molar-refractivity contribution in [2.24, 2.45) is 0 Å². The van der Waals surface area contributed by atoms with Crippen molar-refractivity contribution in [1.29, 1.82) is 0 Å². The first-order valence-electron chi connectivity index (χ1n) is 4.82. The molecule has 0 bridgehead atoms. The lowest BCUT2D eigenvalue weighted by Gasteiger charge is -2.22. The summed E-state index contributed by atoms with van der Waals surface area (Å²) in [6.07, 6.45) is 2.74. The van der Waals surface area contributed by atoms with Crippen LogP contribution in [0, 0.1) is 0 Å². The number of likely N-dealkylation sites (N-methyl/N-ethyl adjacent to an activating group) is 1. The topological polar surface area (TPSA) is 15.3 Å². The lowest BCUT2D eigenvalue weighted by atomic mass is 10.2. The Kier molecular flexibility index (Phi) is 3.87. The molecule has 1 aliphatic rings. The Morgan fingerprint density at radius 1 is 1.36 bits per heavy atom. The Morgan fingerprint density at radius 2 is 2.09 bits per heavy atom. The van der Waals surface area contributed by atoms with E-state index in [9.17, 15) is 0 Å². The van der Waals surface area contributed by atoms with Crippen molar-refractivity contribution in [2.75, 3.05) is 26.2 Å². The van der Waals surface area contributed by atoms with Crippen molar-refractivity contribution in [3.63, 3.8) is 0 Å². The van der Waals surface area contributed by atoms with Gasteiger partial charge in [0.2, 0.25) is 0 Å². The molecule has 1 fully saturated rings. The van der Waals surface area contributed by atoms with Crippen LogP contribution < -0.4 is 5.32 Å². The van der Waals surface area contributed by atoms with Crippen LogP contribution in [0.1, 0.15) is 26.7 Å². The van der Waals surface area contributed by atoms with Gasteiger partial charge in [-0.1, -0.05) is 13.8 Å². The molecular formula is C9H20N2. The van der Waals surface area contributed by atoms with E-state index in [1.54, 1.807) is 0 Å². The molecule has 66 valence electrons. The summed E-state index contributed by atoms with van der Waals surface area (Å²) in [4.78, 5) is 2.49. The zero-order valence-electron chi connectivity index (χ0n) is 7.77. The van der Waals surface area contributed by atoms with Gasteiger partial charge in [0.15, 0.2) is 0 Å². The standard InChI is InChI=1S/C9H20N2/c1-3-11(4-2)8-9-6-5-7-10-9/h9-10H,3-8H2,1-2H3/t9-/m1/s1. The summed E-state index contributed by atoms with van der Waals surface area (Å²) in [6.45, 7) is 9.32. The van der Waals surface area contributed by atoms with Gasteiger partial charge in [-0.05, 0) is 32.5 Å². The largest absolute Gasteiger partial charge is 0.313 e. The molecule has 2 nitrogen and oxygen atoms in total. The molecule has 0 aromatic heterocycles. The van der Waals surface area contributed by atoms with Gasteiger partial charge in [-0.3, -0.25) is 0 Å². The fourth-order valence-electron chi connectivity index (χ4n) is 1.71. The molecule has 11 heavy (non-hydrogen) atoms. The third-order valence-corrected chi connectivity index (χ3v) is 2.54. The molecule has 0 aromatic carbocycles. The van der Waals surface area contributed by atoms with Crippen LogP contribution in [-0.4, -0.2) is 37.1 Å². The lowest BCUT2D eigenvalue weighted by molar-refractivity contribution is 0.274. The van der Waals surface area contributed by atoms with E-state index in [0.29, 0.717) is 0 Å². The summed E-state index contributed by atoms with van der Waals surface area (Å²) < 4.78 is 0. The zero-order valence-corrected chi connectivity index (χ0v) is 7.77. The molecule has 0 spiro atoms. The van der Waals surface area contributed by atoms with Crippen LogP contribution in [-0.2, 0) is 0 Å². The highest BCUT2D eigenvalue weighted by Crippen LogP contribution is 2.06. The van der Waals surface area contributed by atoms with Gasteiger partial charge < -0.3 is 10.2 Å². The van der Waals surface area contributed by atoms with Gasteiger partial charge in [0.1, 0.15) is 0 Å². The van der Waals surface area contributed by atoms with E-state index < -0.39 is 0 Å². The van der Waals surface area contributed by atoms with Gasteiger partial charge in [-0.25, -0.2) is 0 Å². The monoisotopic (exact) mass is 156 g/mol. The Balaban J connectivity index is 2.16. The van der Waals surface area contributed by atoms with E-state index >= 15 is 0 Å². The first-order valence-corrected chi connectivity index (χ1v) is 4.82. The van der Waals surface area contributed by atoms with Gasteiger partial charge in [0.05, 0.1) is 0 Å². The molecule has 1 N–H and O–H groups in total. The average Bonchev–Trinajstić information content (AvgIpc) is 2.52. The number of hydrogen-bond acceptors (Lipinski definition) is 2. The quantitative estimate of drug-likeness (QED) is 0.655. The molecule has 0 radical (unpaired) electrons. The number of rotatable bonds is 4. The van der Waals surface area contributed by atoms with Crippen molar-refractivity contribution < 1.29 is 0 Å². The molecule has 1 aliphatic heterocycles. The van der Waals surface area contributed by atoms with Crippen LogP contribution in [0.5, 0.6) is 0 Å². The van der Waals surface area contributed by atoms with E-state index in [1.165, 1.54) is 39.0 Å². The fourth-order valence-corrected chi connectivity index (χ4v) is 1.71. The third-order valence-electron chi connectivity index (χ3n) is 2.54. The summed E-state index contributed by atoms with van der Waals surface area (Å²) in [6, 6.07) is 0.773. The molecule has 1 rings (SSSR count). The molecular weight excluding hydrogens is 136 g/mol. The van der Waals surface area contributed by atoms with Crippen molar-refractivity contribution in [2.45, 2.75) is 32.7 Å². The van der Waals surface area contributed by atoms with Crippen LogP contribution >= 0.6 is 0 Å². The highest BCUT2D eigenvalue weighted by molar-refractivity contribution is 4.76. The number of nitrogens with one attached hydrogen (secondary N) is 1. The molecule has 0 saturated carbocycles. The van der Waals surface area contributed by atoms with Gasteiger partial charge in [-0.15, -0.1) is 0 Å². The minimum absolute atomic E-state index is 0.773. The minimum atomic E-state index is 0.773. The van der Waals surface area contributed by atoms with E-state index in [0.717, 1.165) is 6.04 Å². The second-order valence-corrected chi connectivity index (χ2v) is 3.28. The van der Waals surface area contributed by atoms with Crippen molar-refractivity contribution in [3.8, 4) is 0 Å². The first kappa shape index (κ1) is 9.01. The first-order chi connectivity index (χ1) is 5.36. The van der Waals surface area contributed by atoms with Gasteiger partial charge in [0, 0.05) is 12.6 Å². The van der Waals surface area contributed by atoms with E-state index in [-0.39, 0.29) is 0 Å². The summed E-state index contributed by atoms with van der Waals surface area (Å²) in [5.74, 6) is 0. The summed E-state index contributed by atoms with van der Waals surface area (Å²) in [5, 5.41) is 3.51. The number of hydrogen-bond donors (Lipinski definition) is 1. The highest BCUT2D eigenvalue weighted by atomic mass is 15.1. The summed E-state index contributed by atoms with van der Waals surface area (Å²) in [7, 11) is 0. The van der Waals surface area contributed by atoms with Crippen molar-refractivity contribution in [1.82, 2.24) is 10.2 Å². The molecule has 2 heteroatoms. The smallest absolute Gasteiger partial charge is 0.0195 e. The van der Waals surface area contributed by atoms with Gasteiger partial charge in [-0.2, -0.15) is 0 Å². The minimum Gasteiger partial charge on any atom is -0.313 e. The molecule has 0 amide bonds. The van der Waals surface area contributed by atoms with Crippen LogP contribution in [0.2, 0.25) is 0 Å². The zero-order chi connectivity index (χ0) is 8.10. The predicted octanol–water partition coefficient (Wildman–Crippen LogP) is 1.08. The Labute approximate surface area is 70.0 Å². The van der Waals surface area contributed by atoms with Crippen molar-refractivity contribution >= 4 is 0 Å². The van der Waals surface area contributed by atoms with E-state index in [4.69, 9.17) is 0 Å². The lowest BCUT2D eigenvalue weighted by Crippen LogP contribution is -2.37.